The number of benzene rings is 1. The number of nitrogens with zero attached hydrogens (tertiary/aromatic N) is 1. The van der Waals surface area contributed by atoms with E-state index in [1.807, 2.05) is 13.0 Å². The van der Waals surface area contributed by atoms with Gasteiger partial charge in [0.2, 0.25) is 0 Å². The first-order valence-electron chi connectivity index (χ1n) is 4.47. The van der Waals surface area contributed by atoms with Crippen molar-refractivity contribution in [3.8, 4) is 6.07 Å². The van der Waals surface area contributed by atoms with Crippen LogP contribution in [0.25, 0.3) is 0 Å². The Kier molecular flexibility index (Phi) is 3.58. The van der Waals surface area contributed by atoms with Crippen LogP contribution in [-0.2, 0) is 0 Å². The topological polar surface area (TPSA) is 23.8 Å². The molecule has 0 radical (unpaired) electrons. The molecule has 1 nitrogen and oxygen atoms in total. The minimum Gasteiger partial charge on any atom is -0.205 e. The predicted octanol–water partition coefficient (Wildman–Crippen LogP) is 3.64. The van der Waals surface area contributed by atoms with Gasteiger partial charge < -0.3 is 0 Å². The Balaban J connectivity index is 3.13. The summed E-state index contributed by atoms with van der Waals surface area (Å²) in [5.74, 6) is -0.430. The van der Waals surface area contributed by atoms with Crippen LogP contribution < -0.4 is 0 Å². The van der Waals surface area contributed by atoms with Crippen LogP contribution >= 0.6 is 0 Å². The Bertz CT molecular complexity index is 341. The van der Waals surface area contributed by atoms with Crippen LogP contribution in [0.1, 0.15) is 36.8 Å². The Morgan fingerprint density at radius 2 is 1.86 bits per heavy atom. The number of nitriles is 1. The Hall–Kier alpha value is -1.43. The fraction of sp³-hybridized carbons (Fsp3) is 0.364. The van der Waals surface area contributed by atoms with E-state index in [1.54, 1.807) is 18.2 Å². The molecule has 1 aromatic rings. The van der Waals surface area contributed by atoms with Crippen molar-refractivity contribution in [2.24, 2.45) is 0 Å². The molecule has 0 bridgehead atoms. The largest absolute Gasteiger partial charge is 0.264 e. The number of hydrogen-bond donors (Lipinski definition) is 0. The molecule has 0 spiro atoms. The van der Waals surface area contributed by atoms with E-state index in [9.17, 15) is 8.78 Å². The highest BCUT2D eigenvalue weighted by molar-refractivity contribution is 5.34. The van der Waals surface area contributed by atoms with Crippen molar-refractivity contribution in [2.75, 3.05) is 0 Å². The van der Waals surface area contributed by atoms with Crippen molar-refractivity contribution < 1.29 is 8.78 Å². The summed E-state index contributed by atoms with van der Waals surface area (Å²) in [4.78, 5) is 0. The molecule has 0 saturated carbocycles. The molecule has 0 heterocycles. The lowest BCUT2D eigenvalue weighted by Crippen LogP contribution is -1.99. The second-order valence-electron chi connectivity index (χ2n) is 3.02. The maximum Gasteiger partial charge on any atom is 0.264 e. The van der Waals surface area contributed by atoms with E-state index in [1.165, 1.54) is 6.07 Å². The maximum absolute atomic E-state index is 12.6. The quantitative estimate of drug-likeness (QED) is 0.722. The van der Waals surface area contributed by atoms with Crippen LogP contribution in [0.3, 0.4) is 0 Å². The zero-order valence-electron chi connectivity index (χ0n) is 7.87. The van der Waals surface area contributed by atoms with Crippen LogP contribution in [0.5, 0.6) is 0 Å². The van der Waals surface area contributed by atoms with Gasteiger partial charge in [-0.1, -0.05) is 31.2 Å². The monoisotopic (exact) mass is 195 g/mol. The summed E-state index contributed by atoms with van der Waals surface area (Å²) in [5, 5.41) is 8.79. The van der Waals surface area contributed by atoms with Crippen LogP contribution in [-0.4, -0.2) is 0 Å². The van der Waals surface area contributed by atoms with E-state index < -0.39 is 12.3 Å². The summed E-state index contributed by atoms with van der Waals surface area (Å²) < 4.78 is 25.1. The second-order valence-corrected chi connectivity index (χ2v) is 3.02. The summed E-state index contributed by atoms with van der Waals surface area (Å²) in [5.41, 5.74) is 0.424. The Labute approximate surface area is 82.0 Å². The van der Waals surface area contributed by atoms with Gasteiger partial charge in [0.05, 0.1) is 12.0 Å². The lowest BCUT2D eigenvalue weighted by Gasteiger charge is -2.11. The van der Waals surface area contributed by atoms with Gasteiger partial charge in [0, 0.05) is 5.56 Å². The zero-order chi connectivity index (χ0) is 10.6. The van der Waals surface area contributed by atoms with Gasteiger partial charge in [-0.2, -0.15) is 5.26 Å². The van der Waals surface area contributed by atoms with Gasteiger partial charge in [-0.05, 0) is 12.0 Å². The fourth-order valence-electron chi connectivity index (χ4n) is 1.41. The molecular weight excluding hydrogens is 184 g/mol. The fourth-order valence-corrected chi connectivity index (χ4v) is 1.41. The summed E-state index contributed by atoms with van der Waals surface area (Å²) in [6, 6.07) is 8.25. The summed E-state index contributed by atoms with van der Waals surface area (Å²) in [7, 11) is 0. The first kappa shape index (κ1) is 10.6. The summed E-state index contributed by atoms with van der Waals surface area (Å²) in [6.45, 7) is 1.82. The molecule has 0 aliphatic heterocycles. The van der Waals surface area contributed by atoms with Crippen molar-refractivity contribution in [1.29, 1.82) is 5.26 Å². The molecule has 0 saturated heterocycles. The predicted molar refractivity (Wildman–Crippen MR) is 50.0 cm³/mol. The van der Waals surface area contributed by atoms with Crippen molar-refractivity contribution in [1.82, 2.24) is 0 Å². The lowest BCUT2D eigenvalue weighted by atomic mass is 9.93. The van der Waals surface area contributed by atoms with Crippen LogP contribution in [0, 0.1) is 11.3 Å². The maximum atomic E-state index is 12.6. The Morgan fingerprint density at radius 1 is 1.29 bits per heavy atom. The van der Waals surface area contributed by atoms with E-state index in [-0.39, 0.29) is 5.56 Å². The smallest absolute Gasteiger partial charge is 0.205 e. The molecule has 0 amide bonds. The number of alkyl halides is 2. The normalized spacial score (nSPS) is 12.5. The third-order valence-electron chi connectivity index (χ3n) is 2.17. The standard InChI is InChI=1S/C11H11F2N/c1-2-8(7-14)9-5-3-4-6-10(9)11(12)13/h3-6,8,11H,2H2,1H3. The summed E-state index contributed by atoms with van der Waals surface area (Å²) >= 11 is 0. The van der Waals surface area contributed by atoms with Gasteiger partial charge >= 0.3 is 0 Å². The second kappa shape index (κ2) is 4.71. The molecule has 0 fully saturated rings. The first-order chi connectivity index (χ1) is 6.70. The van der Waals surface area contributed by atoms with Crippen molar-refractivity contribution in [2.45, 2.75) is 25.7 Å². The number of rotatable bonds is 3. The molecule has 1 rings (SSSR count). The molecule has 74 valence electrons. The van der Waals surface area contributed by atoms with Crippen LogP contribution in [0.2, 0.25) is 0 Å². The highest BCUT2D eigenvalue weighted by atomic mass is 19.3. The van der Waals surface area contributed by atoms with Gasteiger partial charge in [-0.3, -0.25) is 0 Å². The van der Waals surface area contributed by atoms with E-state index in [4.69, 9.17) is 5.26 Å². The number of halogens is 2. The van der Waals surface area contributed by atoms with Crippen LogP contribution in [0.15, 0.2) is 24.3 Å². The highest BCUT2D eigenvalue weighted by Gasteiger charge is 2.17. The van der Waals surface area contributed by atoms with E-state index in [0.717, 1.165) is 0 Å². The molecule has 14 heavy (non-hydrogen) atoms. The zero-order valence-corrected chi connectivity index (χ0v) is 7.87. The molecule has 3 heteroatoms. The van der Waals surface area contributed by atoms with E-state index in [2.05, 4.69) is 0 Å². The van der Waals surface area contributed by atoms with E-state index in [0.29, 0.717) is 12.0 Å². The minimum absolute atomic E-state index is 0.0269. The van der Waals surface area contributed by atoms with Gasteiger partial charge in [0.15, 0.2) is 0 Å². The van der Waals surface area contributed by atoms with Crippen molar-refractivity contribution in [3.63, 3.8) is 0 Å². The average Bonchev–Trinajstić information content (AvgIpc) is 2.20. The van der Waals surface area contributed by atoms with Crippen LogP contribution in [0.4, 0.5) is 8.78 Å². The van der Waals surface area contributed by atoms with E-state index >= 15 is 0 Å². The Morgan fingerprint density at radius 3 is 2.29 bits per heavy atom. The molecule has 0 N–H and O–H groups in total. The number of hydrogen-bond acceptors (Lipinski definition) is 1. The molecule has 1 aromatic carbocycles. The SMILES string of the molecule is CCC(C#N)c1ccccc1C(F)F. The molecule has 0 aromatic heterocycles. The van der Waals surface area contributed by atoms with Gasteiger partial charge in [-0.25, -0.2) is 8.78 Å². The van der Waals surface area contributed by atoms with Gasteiger partial charge in [0.1, 0.15) is 0 Å². The minimum atomic E-state index is -2.51. The lowest BCUT2D eigenvalue weighted by molar-refractivity contribution is 0.150. The molecular formula is C11H11F2N. The molecule has 1 unspecified atom stereocenters. The first-order valence-corrected chi connectivity index (χ1v) is 4.47. The highest BCUT2D eigenvalue weighted by Crippen LogP contribution is 2.29. The summed E-state index contributed by atoms with van der Waals surface area (Å²) in [6.07, 6.45) is -1.95. The average molecular weight is 195 g/mol. The third-order valence-corrected chi connectivity index (χ3v) is 2.17. The van der Waals surface area contributed by atoms with Gasteiger partial charge in [0.25, 0.3) is 6.43 Å². The van der Waals surface area contributed by atoms with Gasteiger partial charge in [-0.15, -0.1) is 0 Å². The third kappa shape index (κ3) is 2.08. The molecule has 0 aliphatic carbocycles. The molecule has 0 aliphatic rings. The van der Waals surface area contributed by atoms with Crippen molar-refractivity contribution >= 4 is 0 Å². The molecule has 1 atom stereocenters. The van der Waals surface area contributed by atoms with Crippen molar-refractivity contribution in [3.05, 3.63) is 35.4 Å².